The fraction of sp³-hybridized carbons (Fsp3) is 0.818. The second-order valence-electron chi connectivity index (χ2n) is 5.26. The van der Waals surface area contributed by atoms with Crippen molar-refractivity contribution < 1.29 is 9.59 Å². The number of hydrogen-bond acceptors (Lipinski definition) is 3. The Morgan fingerprint density at radius 2 is 2.06 bits per heavy atom. The molecule has 0 unspecified atom stereocenters. The maximum absolute atomic E-state index is 11.9. The Kier molecular flexibility index (Phi) is 3.91. The lowest BCUT2D eigenvalue weighted by Crippen LogP contribution is -2.49. The van der Waals surface area contributed by atoms with E-state index in [9.17, 15) is 9.59 Å². The van der Waals surface area contributed by atoms with Gasteiger partial charge in [-0.25, -0.2) is 0 Å². The van der Waals surface area contributed by atoms with Crippen LogP contribution in [0, 0.1) is 11.8 Å². The Labute approximate surface area is 96.1 Å². The van der Waals surface area contributed by atoms with E-state index in [1.165, 1.54) is 0 Å². The van der Waals surface area contributed by atoms with Gasteiger partial charge in [0, 0.05) is 18.5 Å². The summed E-state index contributed by atoms with van der Waals surface area (Å²) in [5.41, 5.74) is 4.57. The molecule has 0 saturated carbocycles. The highest BCUT2D eigenvalue weighted by molar-refractivity contribution is 5.82. The first-order chi connectivity index (χ1) is 7.32. The lowest BCUT2D eigenvalue weighted by atomic mass is 9.94. The number of carbonyl (C=O) groups is 2. The van der Waals surface area contributed by atoms with Crippen molar-refractivity contribution in [2.75, 3.05) is 13.1 Å². The van der Waals surface area contributed by atoms with Crippen LogP contribution in [0.2, 0.25) is 0 Å². The summed E-state index contributed by atoms with van der Waals surface area (Å²) < 4.78 is 0. The molecule has 0 bridgehead atoms. The van der Waals surface area contributed by atoms with Gasteiger partial charge in [0.05, 0.1) is 5.92 Å². The Balaban J connectivity index is 2.52. The third-order valence-electron chi connectivity index (χ3n) is 2.93. The van der Waals surface area contributed by atoms with Crippen molar-refractivity contribution in [3.8, 4) is 0 Å². The predicted octanol–water partition coefficient (Wildman–Crippen LogP) is -0.388. The quantitative estimate of drug-likeness (QED) is 0.611. The van der Waals surface area contributed by atoms with E-state index >= 15 is 0 Å². The highest BCUT2D eigenvalue weighted by Crippen LogP contribution is 2.18. The molecule has 1 fully saturated rings. The lowest BCUT2D eigenvalue weighted by molar-refractivity contribution is -0.127. The molecule has 2 amide bonds. The molecule has 0 aromatic carbocycles. The van der Waals surface area contributed by atoms with E-state index in [0.717, 1.165) is 6.54 Å². The van der Waals surface area contributed by atoms with Crippen molar-refractivity contribution >= 4 is 11.8 Å². The highest BCUT2D eigenvalue weighted by Gasteiger charge is 2.33. The van der Waals surface area contributed by atoms with Crippen LogP contribution in [-0.4, -0.2) is 30.4 Å². The van der Waals surface area contributed by atoms with Crippen LogP contribution < -0.4 is 16.4 Å². The first kappa shape index (κ1) is 13.0. The third-order valence-corrected chi connectivity index (χ3v) is 2.93. The maximum atomic E-state index is 11.9. The molecule has 1 aliphatic heterocycles. The zero-order valence-corrected chi connectivity index (χ0v) is 10.2. The van der Waals surface area contributed by atoms with E-state index in [-0.39, 0.29) is 18.2 Å². The van der Waals surface area contributed by atoms with Gasteiger partial charge in [0.1, 0.15) is 0 Å². The zero-order valence-electron chi connectivity index (χ0n) is 10.2. The van der Waals surface area contributed by atoms with Crippen molar-refractivity contribution in [3.05, 3.63) is 0 Å². The van der Waals surface area contributed by atoms with E-state index in [0.29, 0.717) is 12.5 Å². The van der Waals surface area contributed by atoms with Gasteiger partial charge in [-0.1, -0.05) is 6.92 Å². The molecule has 1 aliphatic rings. The Hall–Kier alpha value is -1.10. The van der Waals surface area contributed by atoms with Crippen molar-refractivity contribution in [1.29, 1.82) is 0 Å². The van der Waals surface area contributed by atoms with Crippen molar-refractivity contribution in [2.24, 2.45) is 17.6 Å². The predicted molar refractivity (Wildman–Crippen MR) is 61.6 cm³/mol. The van der Waals surface area contributed by atoms with Gasteiger partial charge in [-0.3, -0.25) is 9.59 Å². The van der Waals surface area contributed by atoms with Gasteiger partial charge in [-0.2, -0.15) is 0 Å². The summed E-state index contributed by atoms with van der Waals surface area (Å²) in [6, 6.07) is 0. The standard InChI is InChI=1S/C11H21N3O2/c1-7-5-13-6-8(7)10(16)14-11(2,3)4-9(12)15/h7-8,13H,4-6H2,1-3H3,(H2,12,15)(H,14,16)/t7-,8-/m1/s1. The first-order valence-electron chi connectivity index (χ1n) is 5.63. The van der Waals surface area contributed by atoms with Gasteiger partial charge >= 0.3 is 0 Å². The monoisotopic (exact) mass is 227 g/mol. The van der Waals surface area contributed by atoms with Crippen LogP contribution in [0.1, 0.15) is 27.2 Å². The fourth-order valence-electron chi connectivity index (χ4n) is 2.07. The molecule has 0 aromatic rings. The molecule has 16 heavy (non-hydrogen) atoms. The van der Waals surface area contributed by atoms with E-state index in [1.807, 2.05) is 20.8 Å². The molecule has 0 radical (unpaired) electrons. The summed E-state index contributed by atoms with van der Waals surface area (Å²) >= 11 is 0. The summed E-state index contributed by atoms with van der Waals surface area (Å²) in [7, 11) is 0. The van der Waals surface area contributed by atoms with Crippen LogP contribution in [0.3, 0.4) is 0 Å². The molecule has 0 aromatic heterocycles. The van der Waals surface area contributed by atoms with Gasteiger partial charge in [-0.15, -0.1) is 0 Å². The molecule has 1 saturated heterocycles. The van der Waals surface area contributed by atoms with Crippen LogP contribution >= 0.6 is 0 Å². The minimum atomic E-state index is -0.564. The molecule has 4 N–H and O–H groups in total. The number of carbonyl (C=O) groups excluding carboxylic acids is 2. The van der Waals surface area contributed by atoms with Crippen LogP contribution in [-0.2, 0) is 9.59 Å². The number of nitrogens with one attached hydrogen (secondary N) is 2. The summed E-state index contributed by atoms with van der Waals surface area (Å²) in [6.07, 6.45) is 0.160. The van der Waals surface area contributed by atoms with E-state index in [1.54, 1.807) is 0 Å². The smallest absolute Gasteiger partial charge is 0.225 e. The number of rotatable bonds is 4. The molecule has 0 aliphatic carbocycles. The average Bonchev–Trinajstić information content (AvgIpc) is 2.47. The first-order valence-corrected chi connectivity index (χ1v) is 5.63. The second-order valence-corrected chi connectivity index (χ2v) is 5.26. The van der Waals surface area contributed by atoms with Gasteiger partial charge < -0.3 is 16.4 Å². The number of amides is 2. The number of primary amides is 1. The second kappa shape index (κ2) is 4.82. The molecule has 1 rings (SSSR count). The minimum Gasteiger partial charge on any atom is -0.370 e. The largest absolute Gasteiger partial charge is 0.370 e. The Morgan fingerprint density at radius 1 is 1.44 bits per heavy atom. The number of nitrogens with two attached hydrogens (primary N) is 1. The molecule has 92 valence electrons. The molecule has 0 spiro atoms. The SMILES string of the molecule is C[C@@H]1CNC[C@H]1C(=O)NC(C)(C)CC(N)=O. The molecular weight excluding hydrogens is 206 g/mol. The van der Waals surface area contributed by atoms with Gasteiger partial charge in [0.15, 0.2) is 0 Å². The van der Waals surface area contributed by atoms with Crippen molar-refractivity contribution in [1.82, 2.24) is 10.6 Å². The van der Waals surface area contributed by atoms with Crippen LogP contribution in [0.4, 0.5) is 0 Å². The van der Waals surface area contributed by atoms with Crippen LogP contribution in [0.5, 0.6) is 0 Å². The molecule has 5 nitrogen and oxygen atoms in total. The minimum absolute atomic E-state index is 0.00347. The Morgan fingerprint density at radius 3 is 2.50 bits per heavy atom. The lowest BCUT2D eigenvalue weighted by Gasteiger charge is -2.27. The maximum Gasteiger partial charge on any atom is 0.225 e. The van der Waals surface area contributed by atoms with Crippen LogP contribution in [0.15, 0.2) is 0 Å². The van der Waals surface area contributed by atoms with Crippen LogP contribution in [0.25, 0.3) is 0 Å². The molecule has 2 atom stereocenters. The topological polar surface area (TPSA) is 84.2 Å². The fourth-order valence-corrected chi connectivity index (χ4v) is 2.07. The molecule has 5 heteroatoms. The molecule has 1 heterocycles. The van der Waals surface area contributed by atoms with Gasteiger partial charge in [0.25, 0.3) is 0 Å². The average molecular weight is 227 g/mol. The molecular formula is C11H21N3O2. The summed E-state index contributed by atoms with van der Waals surface area (Å²) in [5, 5.41) is 6.06. The number of hydrogen-bond donors (Lipinski definition) is 3. The van der Waals surface area contributed by atoms with Crippen molar-refractivity contribution in [2.45, 2.75) is 32.7 Å². The zero-order chi connectivity index (χ0) is 12.3. The normalized spacial score (nSPS) is 25.4. The van der Waals surface area contributed by atoms with E-state index in [2.05, 4.69) is 10.6 Å². The van der Waals surface area contributed by atoms with Gasteiger partial charge in [-0.05, 0) is 26.3 Å². The third kappa shape index (κ3) is 3.48. The van der Waals surface area contributed by atoms with E-state index in [4.69, 9.17) is 5.73 Å². The highest BCUT2D eigenvalue weighted by atomic mass is 16.2. The van der Waals surface area contributed by atoms with Crippen molar-refractivity contribution in [3.63, 3.8) is 0 Å². The summed E-state index contributed by atoms with van der Waals surface area (Å²) in [4.78, 5) is 22.8. The summed E-state index contributed by atoms with van der Waals surface area (Å²) in [5.74, 6) is -0.0665. The van der Waals surface area contributed by atoms with E-state index < -0.39 is 11.4 Å². The summed E-state index contributed by atoms with van der Waals surface area (Å²) in [6.45, 7) is 7.24. The van der Waals surface area contributed by atoms with Gasteiger partial charge in [0.2, 0.25) is 11.8 Å². The Bertz CT molecular complexity index is 289.